The number of aliphatic hydroxyl groups excluding tert-OH is 1. The number of rotatable bonds is 6. The predicted molar refractivity (Wildman–Crippen MR) is 91.7 cm³/mol. The normalized spacial score (nSPS) is 25.0. The quantitative estimate of drug-likeness (QED) is 0.805. The van der Waals surface area contributed by atoms with Gasteiger partial charge in [0.1, 0.15) is 5.82 Å². The Balaban J connectivity index is 1.67. The van der Waals surface area contributed by atoms with E-state index in [1.165, 1.54) is 0 Å². The van der Waals surface area contributed by atoms with Crippen LogP contribution in [0, 0.1) is 12.8 Å². The van der Waals surface area contributed by atoms with Crippen LogP contribution in [0.3, 0.4) is 0 Å². The van der Waals surface area contributed by atoms with Crippen molar-refractivity contribution >= 4 is 0 Å². The third-order valence-corrected chi connectivity index (χ3v) is 5.24. The standard InChI is InChI=1S/C17H31N5O2/c1-14-18-17(20-19-14)16-3-7-21(6-2-10-23)8-9-22(16)13-15-4-11-24-12-5-15/h15-16,23H,2-13H2,1H3,(H,18,19,20). The van der Waals surface area contributed by atoms with Gasteiger partial charge in [-0.3, -0.25) is 10.00 Å². The van der Waals surface area contributed by atoms with Crippen LogP contribution in [0.4, 0.5) is 0 Å². The van der Waals surface area contributed by atoms with Crippen molar-refractivity contribution in [3.8, 4) is 0 Å². The summed E-state index contributed by atoms with van der Waals surface area (Å²) < 4.78 is 5.51. The number of aliphatic hydroxyl groups is 1. The Labute approximate surface area is 144 Å². The summed E-state index contributed by atoms with van der Waals surface area (Å²) in [7, 11) is 0. The van der Waals surface area contributed by atoms with Gasteiger partial charge in [-0.2, -0.15) is 5.10 Å². The van der Waals surface area contributed by atoms with E-state index in [1.54, 1.807) is 0 Å². The zero-order valence-electron chi connectivity index (χ0n) is 14.8. The number of nitrogens with one attached hydrogen (secondary N) is 1. The molecule has 2 aliphatic rings. The molecule has 2 aliphatic heterocycles. The van der Waals surface area contributed by atoms with Crippen molar-refractivity contribution < 1.29 is 9.84 Å². The lowest BCUT2D eigenvalue weighted by Gasteiger charge is -2.33. The van der Waals surface area contributed by atoms with Crippen molar-refractivity contribution in [1.29, 1.82) is 0 Å². The number of H-pyrrole nitrogens is 1. The first-order valence-corrected chi connectivity index (χ1v) is 9.30. The fourth-order valence-electron chi connectivity index (χ4n) is 3.82. The molecule has 0 saturated carbocycles. The highest BCUT2D eigenvalue weighted by Crippen LogP contribution is 2.27. The number of ether oxygens (including phenoxy) is 1. The molecule has 0 radical (unpaired) electrons. The van der Waals surface area contributed by atoms with Crippen molar-refractivity contribution in [3.05, 3.63) is 11.6 Å². The highest BCUT2D eigenvalue weighted by atomic mass is 16.5. The molecular formula is C17H31N5O2. The summed E-state index contributed by atoms with van der Waals surface area (Å²) in [5.74, 6) is 2.53. The van der Waals surface area contributed by atoms with E-state index in [0.29, 0.717) is 5.92 Å². The summed E-state index contributed by atoms with van der Waals surface area (Å²) in [6.07, 6.45) is 4.21. The summed E-state index contributed by atoms with van der Waals surface area (Å²) >= 11 is 0. The molecule has 0 aromatic carbocycles. The highest BCUT2D eigenvalue weighted by Gasteiger charge is 2.30. The SMILES string of the molecule is Cc1nc(C2CCN(CCCO)CCN2CC2CCOCC2)n[nH]1. The monoisotopic (exact) mass is 337 g/mol. The molecule has 7 heteroatoms. The minimum atomic E-state index is 0.270. The van der Waals surface area contributed by atoms with E-state index < -0.39 is 0 Å². The Morgan fingerprint density at radius 3 is 2.75 bits per heavy atom. The van der Waals surface area contributed by atoms with Crippen molar-refractivity contribution in [3.63, 3.8) is 0 Å². The Morgan fingerprint density at radius 1 is 1.21 bits per heavy atom. The Hall–Kier alpha value is -1.02. The minimum Gasteiger partial charge on any atom is -0.396 e. The van der Waals surface area contributed by atoms with Gasteiger partial charge < -0.3 is 14.7 Å². The largest absolute Gasteiger partial charge is 0.396 e. The van der Waals surface area contributed by atoms with Gasteiger partial charge >= 0.3 is 0 Å². The lowest BCUT2D eigenvalue weighted by Crippen LogP contribution is -2.37. The third kappa shape index (κ3) is 4.75. The second-order valence-electron chi connectivity index (χ2n) is 7.05. The van der Waals surface area contributed by atoms with E-state index in [1.807, 2.05) is 6.92 Å². The zero-order valence-corrected chi connectivity index (χ0v) is 14.8. The van der Waals surface area contributed by atoms with Crippen LogP contribution in [0.2, 0.25) is 0 Å². The molecule has 3 rings (SSSR count). The summed E-state index contributed by atoms with van der Waals surface area (Å²) in [6.45, 7) is 9.25. The van der Waals surface area contributed by atoms with E-state index in [2.05, 4.69) is 25.0 Å². The summed E-state index contributed by atoms with van der Waals surface area (Å²) in [6, 6.07) is 0.289. The minimum absolute atomic E-state index is 0.270. The van der Waals surface area contributed by atoms with Crippen LogP contribution in [0.1, 0.15) is 43.4 Å². The summed E-state index contributed by atoms with van der Waals surface area (Å²) in [4.78, 5) is 9.66. The summed E-state index contributed by atoms with van der Waals surface area (Å²) in [5, 5.41) is 16.5. The van der Waals surface area contributed by atoms with Crippen molar-refractivity contribution in [1.82, 2.24) is 25.0 Å². The van der Waals surface area contributed by atoms with Gasteiger partial charge in [-0.05, 0) is 38.5 Å². The maximum Gasteiger partial charge on any atom is 0.167 e. The lowest BCUT2D eigenvalue weighted by atomic mass is 9.98. The number of aryl methyl sites for hydroxylation is 1. The number of hydrogen-bond acceptors (Lipinski definition) is 6. The van der Waals surface area contributed by atoms with Crippen LogP contribution in [0.15, 0.2) is 0 Å². The fourth-order valence-corrected chi connectivity index (χ4v) is 3.82. The first kappa shape index (κ1) is 17.8. The summed E-state index contributed by atoms with van der Waals surface area (Å²) in [5.41, 5.74) is 0. The van der Waals surface area contributed by atoms with E-state index in [9.17, 15) is 0 Å². The molecule has 1 atom stereocenters. The molecule has 7 nitrogen and oxygen atoms in total. The first-order valence-electron chi connectivity index (χ1n) is 9.30. The van der Waals surface area contributed by atoms with Crippen LogP contribution in [-0.2, 0) is 4.74 Å². The topological polar surface area (TPSA) is 77.5 Å². The smallest absolute Gasteiger partial charge is 0.167 e. The average molecular weight is 337 g/mol. The molecule has 136 valence electrons. The van der Waals surface area contributed by atoms with Gasteiger partial charge in [0, 0.05) is 52.5 Å². The lowest BCUT2D eigenvalue weighted by molar-refractivity contribution is 0.0451. The zero-order chi connectivity index (χ0) is 16.8. The van der Waals surface area contributed by atoms with Gasteiger partial charge in [0.05, 0.1) is 6.04 Å². The molecule has 0 aliphatic carbocycles. The van der Waals surface area contributed by atoms with Crippen LogP contribution in [-0.4, -0.2) is 82.6 Å². The van der Waals surface area contributed by atoms with Gasteiger partial charge in [-0.15, -0.1) is 0 Å². The fraction of sp³-hybridized carbons (Fsp3) is 0.882. The maximum absolute atomic E-state index is 9.10. The number of aromatic nitrogens is 3. The molecule has 0 amide bonds. The molecule has 2 fully saturated rings. The van der Waals surface area contributed by atoms with E-state index in [4.69, 9.17) is 9.84 Å². The molecular weight excluding hydrogens is 306 g/mol. The van der Waals surface area contributed by atoms with Gasteiger partial charge in [0.15, 0.2) is 5.82 Å². The Bertz CT molecular complexity index is 489. The first-order chi connectivity index (χ1) is 11.8. The molecule has 0 bridgehead atoms. The Morgan fingerprint density at radius 2 is 2.04 bits per heavy atom. The van der Waals surface area contributed by atoms with Gasteiger partial charge in [-0.1, -0.05) is 0 Å². The van der Waals surface area contributed by atoms with Crippen LogP contribution < -0.4 is 0 Å². The van der Waals surface area contributed by atoms with Crippen LogP contribution >= 0.6 is 0 Å². The predicted octanol–water partition coefficient (Wildman–Crippen LogP) is 0.971. The van der Waals surface area contributed by atoms with Gasteiger partial charge in [-0.25, -0.2) is 4.98 Å². The molecule has 1 unspecified atom stereocenters. The molecule has 2 saturated heterocycles. The van der Waals surface area contributed by atoms with Crippen molar-refractivity contribution in [2.45, 2.75) is 38.6 Å². The van der Waals surface area contributed by atoms with E-state index in [-0.39, 0.29) is 12.6 Å². The second-order valence-corrected chi connectivity index (χ2v) is 7.05. The van der Waals surface area contributed by atoms with Crippen LogP contribution in [0.25, 0.3) is 0 Å². The van der Waals surface area contributed by atoms with E-state index in [0.717, 1.165) is 83.3 Å². The van der Waals surface area contributed by atoms with Crippen molar-refractivity contribution in [2.24, 2.45) is 5.92 Å². The molecule has 24 heavy (non-hydrogen) atoms. The van der Waals surface area contributed by atoms with Gasteiger partial charge in [0.25, 0.3) is 0 Å². The highest BCUT2D eigenvalue weighted by molar-refractivity contribution is 4.98. The molecule has 0 spiro atoms. The second kappa shape index (κ2) is 8.89. The number of hydrogen-bond donors (Lipinski definition) is 2. The Kier molecular flexibility index (Phi) is 6.59. The number of aromatic amines is 1. The maximum atomic E-state index is 9.10. The average Bonchev–Trinajstić information content (AvgIpc) is 2.93. The van der Waals surface area contributed by atoms with E-state index >= 15 is 0 Å². The molecule has 1 aromatic heterocycles. The molecule has 3 heterocycles. The van der Waals surface area contributed by atoms with Gasteiger partial charge in [0.2, 0.25) is 0 Å². The molecule has 2 N–H and O–H groups in total. The van der Waals surface area contributed by atoms with Crippen LogP contribution in [0.5, 0.6) is 0 Å². The molecule has 1 aromatic rings. The third-order valence-electron chi connectivity index (χ3n) is 5.24. The van der Waals surface area contributed by atoms with Crippen molar-refractivity contribution in [2.75, 3.05) is 52.5 Å². The number of nitrogens with zero attached hydrogens (tertiary/aromatic N) is 4.